The van der Waals surface area contributed by atoms with Crippen LogP contribution in [-0.4, -0.2) is 0 Å². The maximum atomic E-state index is 13.5. The van der Waals surface area contributed by atoms with Crippen LogP contribution in [0.1, 0.15) is 0 Å². The van der Waals surface area contributed by atoms with E-state index in [2.05, 4.69) is 60.7 Å². The Kier molecular flexibility index (Phi) is 6.41. The molecule has 0 aliphatic heterocycles. The summed E-state index contributed by atoms with van der Waals surface area (Å²) in [5.74, 6) is 0. The molecular formula is C44H26O4. The van der Waals surface area contributed by atoms with Gasteiger partial charge in [-0.1, -0.05) is 109 Å². The Hall–Kier alpha value is -6.52. The van der Waals surface area contributed by atoms with Crippen LogP contribution in [0, 0.1) is 0 Å². The Morgan fingerprint density at radius 1 is 0.333 bits per heavy atom. The van der Waals surface area contributed by atoms with Gasteiger partial charge in [-0.3, -0.25) is 9.59 Å². The molecular weight excluding hydrogens is 592 g/mol. The van der Waals surface area contributed by atoms with E-state index in [4.69, 9.17) is 8.83 Å². The molecule has 9 rings (SSSR count). The summed E-state index contributed by atoms with van der Waals surface area (Å²) >= 11 is 0. The fourth-order valence-electron chi connectivity index (χ4n) is 6.73. The molecule has 9 aromatic rings. The molecule has 4 heteroatoms. The third-order valence-electron chi connectivity index (χ3n) is 9.11. The summed E-state index contributed by atoms with van der Waals surface area (Å²) in [6, 6.07) is 51.3. The van der Waals surface area contributed by atoms with Crippen molar-refractivity contribution in [1.29, 1.82) is 0 Å². The molecule has 0 bridgehead atoms. The summed E-state index contributed by atoms with van der Waals surface area (Å²) in [5, 5.41) is 2.31. The van der Waals surface area contributed by atoms with Gasteiger partial charge in [-0.15, -0.1) is 0 Å². The molecule has 7 aromatic carbocycles. The van der Waals surface area contributed by atoms with Gasteiger partial charge in [-0.05, 0) is 87.5 Å². The Morgan fingerprint density at radius 3 is 1.58 bits per heavy atom. The molecule has 0 aliphatic rings. The van der Waals surface area contributed by atoms with E-state index in [9.17, 15) is 9.59 Å². The van der Waals surface area contributed by atoms with Gasteiger partial charge in [-0.2, -0.15) is 0 Å². The van der Waals surface area contributed by atoms with Crippen molar-refractivity contribution in [3.05, 3.63) is 178 Å². The number of para-hydroxylation sites is 3. The van der Waals surface area contributed by atoms with Crippen LogP contribution in [-0.2, 0) is 0 Å². The second-order valence-corrected chi connectivity index (χ2v) is 12.0. The second kappa shape index (κ2) is 11.1. The van der Waals surface area contributed by atoms with Gasteiger partial charge in [0.2, 0.25) is 10.9 Å². The average molecular weight is 619 g/mol. The first-order valence-electron chi connectivity index (χ1n) is 15.8. The first kappa shape index (κ1) is 27.8. The topological polar surface area (TPSA) is 60.4 Å². The molecule has 4 nitrogen and oxygen atoms in total. The van der Waals surface area contributed by atoms with Crippen LogP contribution in [0.25, 0.3) is 88.4 Å². The molecule has 0 saturated carbocycles. The van der Waals surface area contributed by atoms with Gasteiger partial charge in [0.15, 0.2) is 0 Å². The molecule has 0 radical (unpaired) electrons. The minimum Gasteiger partial charge on any atom is -0.456 e. The fraction of sp³-hybridized carbons (Fsp3) is 0. The quantitative estimate of drug-likeness (QED) is 0.184. The molecule has 2 aromatic heterocycles. The highest BCUT2D eigenvalue weighted by atomic mass is 16.3. The number of benzene rings is 7. The second-order valence-electron chi connectivity index (χ2n) is 12.0. The van der Waals surface area contributed by atoms with Crippen molar-refractivity contribution in [2.75, 3.05) is 0 Å². The lowest BCUT2D eigenvalue weighted by Gasteiger charge is -2.11. The van der Waals surface area contributed by atoms with Gasteiger partial charge in [0.25, 0.3) is 0 Å². The van der Waals surface area contributed by atoms with E-state index in [0.717, 1.165) is 44.5 Å². The SMILES string of the molecule is O=c1c2ccccc2oc2c(-c3cccc(-c4cccc(-c5ccc(-c6cccc7oc8ccccc8c(=O)c67)cc5)c4)c3)cccc12. The van der Waals surface area contributed by atoms with Crippen LogP contribution in [0.2, 0.25) is 0 Å². The van der Waals surface area contributed by atoms with E-state index in [1.165, 1.54) is 0 Å². The minimum absolute atomic E-state index is 0.0269. The van der Waals surface area contributed by atoms with Gasteiger partial charge in [0.1, 0.15) is 22.3 Å². The van der Waals surface area contributed by atoms with Crippen molar-refractivity contribution in [2.45, 2.75) is 0 Å². The zero-order valence-electron chi connectivity index (χ0n) is 25.6. The zero-order chi connectivity index (χ0) is 32.2. The molecule has 0 aliphatic carbocycles. The van der Waals surface area contributed by atoms with Crippen LogP contribution < -0.4 is 10.9 Å². The first-order valence-corrected chi connectivity index (χ1v) is 15.8. The number of hydrogen-bond donors (Lipinski definition) is 0. The molecule has 0 spiro atoms. The normalized spacial score (nSPS) is 11.5. The van der Waals surface area contributed by atoms with Crippen LogP contribution in [0.5, 0.6) is 0 Å². The Balaban J connectivity index is 1.08. The van der Waals surface area contributed by atoms with Gasteiger partial charge in [0.05, 0.1) is 21.5 Å². The molecule has 2 heterocycles. The maximum Gasteiger partial charge on any atom is 0.201 e. The molecule has 226 valence electrons. The van der Waals surface area contributed by atoms with E-state index in [1.54, 1.807) is 6.07 Å². The average Bonchev–Trinajstić information content (AvgIpc) is 3.15. The number of fused-ring (bicyclic) bond motifs is 4. The molecule has 0 amide bonds. The fourth-order valence-corrected chi connectivity index (χ4v) is 6.73. The lowest BCUT2D eigenvalue weighted by molar-refractivity contribution is 0.660. The zero-order valence-corrected chi connectivity index (χ0v) is 25.6. The third-order valence-corrected chi connectivity index (χ3v) is 9.11. The highest BCUT2D eigenvalue weighted by Gasteiger charge is 2.15. The van der Waals surface area contributed by atoms with E-state index < -0.39 is 0 Å². The predicted molar refractivity (Wildman–Crippen MR) is 195 cm³/mol. The Labute approximate surface area is 274 Å². The number of rotatable bonds is 4. The van der Waals surface area contributed by atoms with E-state index in [-0.39, 0.29) is 10.9 Å². The maximum absolute atomic E-state index is 13.5. The van der Waals surface area contributed by atoms with Crippen molar-refractivity contribution in [3.63, 3.8) is 0 Å². The highest BCUT2D eigenvalue weighted by Crippen LogP contribution is 2.35. The Bertz CT molecular complexity index is 2820. The van der Waals surface area contributed by atoms with Crippen LogP contribution in [0.4, 0.5) is 0 Å². The molecule has 48 heavy (non-hydrogen) atoms. The van der Waals surface area contributed by atoms with Gasteiger partial charge in [0, 0.05) is 5.56 Å². The van der Waals surface area contributed by atoms with Crippen molar-refractivity contribution in [1.82, 2.24) is 0 Å². The van der Waals surface area contributed by atoms with Crippen LogP contribution in [0.3, 0.4) is 0 Å². The first-order chi connectivity index (χ1) is 23.6. The van der Waals surface area contributed by atoms with Crippen molar-refractivity contribution in [2.24, 2.45) is 0 Å². The number of hydrogen-bond acceptors (Lipinski definition) is 4. The summed E-state index contributed by atoms with van der Waals surface area (Å²) < 4.78 is 12.4. The van der Waals surface area contributed by atoms with E-state index in [1.807, 2.05) is 91.0 Å². The molecule has 0 saturated heterocycles. The summed E-state index contributed by atoms with van der Waals surface area (Å²) in [6.07, 6.45) is 0. The van der Waals surface area contributed by atoms with Gasteiger partial charge >= 0.3 is 0 Å². The predicted octanol–water partition coefficient (Wildman–Crippen LogP) is 10.9. The van der Waals surface area contributed by atoms with Crippen molar-refractivity contribution in [3.8, 4) is 44.5 Å². The molecule has 0 N–H and O–H groups in total. The van der Waals surface area contributed by atoms with Crippen molar-refractivity contribution >= 4 is 43.9 Å². The third kappa shape index (κ3) is 4.54. The van der Waals surface area contributed by atoms with Crippen LogP contribution in [0.15, 0.2) is 176 Å². The van der Waals surface area contributed by atoms with E-state index >= 15 is 0 Å². The molecule has 0 unspecified atom stereocenters. The summed E-state index contributed by atoms with van der Waals surface area (Å²) in [4.78, 5) is 26.8. The molecule has 0 atom stereocenters. The summed E-state index contributed by atoms with van der Waals surface area (Å²) in [5.41, 5.74) is 10.2. The largest absolute Gasteiger partial charge is 0.456 e. The van der Waals surface area contributed by atoms with Crippen LogP contribution >= 0.6 is 0 Å². The smallest absolute Gasteiger partial charge is 0.201 e. The van der Waals surface area contributed by atoms with Gasteiger partial charge < -0.3 is 8.83 Å². The summed E-state index contributed by atoms with van der Waals surface area (Å²) in [7, 11) is 0. The monoisotopic (exact) mass is 618 g/mol. The lowest BCUT2D eigenvalue weighted by Crippen LogP contribution is -2.03. The standard InChI is InChI=1S/C44H26O4/c45-42-35-13-1-4-19-39(35)48-44-34(16-7-17-37(42)44)32-12-6-11-31(26-32)30-10-5-9-29(25-30)27-21-23-28(24-22-27)33-15-8-20-40-41(33)43(46)36-14-2-3-18-38(36)47-40/h1-26H. The highest BCUT2D eigenvalue weighted by molar-refractivity contribution is 6.00. The van der Waals surface area contributed by atoms with Crippen molar-refractivity contribution < 1.29 is 8.83 Å². The Morgan fingerprint density at radius 2 is 0.833 bits per heavy atom. The lowest BCUT2D eigenvalue weighted by atomic mass is 9.94. The minimum atomic E-state index is -0.0274. The summed E-state index contributed by atoms with van der Waals surface area (Å²) in [6.45, 7) is 0. The van der Waals surface area contributed by atoms with E-state index in [0.29, 0.717) is 43.9 Å². The molecule has 0 fully saturated rings. The van der Waals surface area contributed by atoms with Gasteiger partial charge in [-0.25, -0.2) is 0 Å².